The van der Waals surface area contributed by atoms with Crippen molar-refractivity contribution in [3.8, 4) is 5.75 Å². The molecule has 2 aromatic carbocycles. The molecule has 24 heavy (non-hydrogen) atoms. The highest BCUT2D eigenvalue weighted by atomic mass is 19.1. The van der Waals surface area contributed by atoms with Crippen molar-refractivity contribution < 1.29 is 19.0 Å². The maximum atomic E-state index is 12.9. The maximum Gasteiger partial charge on any atom is 0.226 e. The molecule has 128 valence electrons. The number of nitrogens with one attached hydrogen (secondary N) is 1. The second-order valence-corrected chi connectivity index (χ2v) is 5.82. The van der Waals surface area contributed by atoms with Gasteiger partial charge in [0.2, 0.25) is 5.91 Å². The van der Waals surface area contributed by atoms with Gasteiger partial charge in [0.1, 0.15) is 11.6 Å². The lowest BCUT2D eigenvalue weighted by atomic mass is 10.0. The number of rotatable bonds is 7. The van der Waals surface area contributed by atoms with E-state index < -0.39 is 12.1 Å². The minimum absolute atomic E-state index is 0.209. The van der Waals surface area contributed by atoms with Crippen molar-refractivity contribution in [1.29, 1.82) is 0 Å². The Balaban J connectivity index is 1.84. The monoisotopic (exact) mass is 331 g/mol. The van der Waals surface area contributed by atoms with Crippen molar-refractivity contribution >= 4 is 5.91 Å². The van der Waals surface area contributed by atoms with Crippen molar-refractivity contribution in [2.45, 2.75) is 26.0 Å². The summed E-state index contributed by atoms with van der Waals surface area (Å²) in [4.78, 5) is 12.2. The zero-order valence-corrected chi connectivity index (χ0v) is 13.8. The van der Waals surface area contributed by atoms with Gasteiger partial charge in [-0.1, -0.05) is 37.3 Å². The lowest BCUT2D eigenvalue weighted by molar-refractivity contribution is -0.126. The van der Waals surface area contributed by atoms with Gasteiger partial charge in [-0.3, -0.25) is 4.79 Å². The lowest BCUT2D eigenvalue weighted by Crippen LogP contribution is -2.41. The van der Waals surface area contributed by atoms with Crippen molar-refractivity contribution in [3.05, 3.63) is 66.0 Å². The molecular formula is C19H22FNO3. The molecule has 0 saturated heterocycles. The number of benzene rings is 2. The maximum absolute atomic E-state index is 12.9. The summed E-state index contributed by atoms with van der Waals surface area (Å²) in [6.45, 7) is 3.71. The van der Waals surface area contributed by atoms with Crippen LogP contribution in [0.25, 0.3) is 0 Å². The number of ether oxygens (including phenoxy) is 1. The van der Waals surface area contributed by atoms with E-state index in [1.165, 1.54) is 24.3 Å². The van der Waals surface area contributed by atoms with Crippen molar-refractivity contribution in [1.82, 2.24) is 5.32 Å². The molecule has 0 aliphatic carbocycles. The summed E-state index contributed by atoms with van der Waals surface area (Å²) in [7, 11) is 0. The second-order valence-electron chi connectivity index (χ2n) is 5.82. The first-order chi connectivity index (χ1) is 11.5. The Bertz CT molecular complexity index is 645. The van der Waals surface area contributed by atoms with Crippen LogP contribution in [0, 0.1) is 11.7 Å². The molecule has 2 aromatic rings. The molecule has 0 aromatic heterocycles. The Hall–Kier alpha value is -2.40. The van der Waals surface area contributed by atoms with Crippen LogP contribution in [0.5, 0.6) is 5.75 Å². The Labute approximate surface area is 141 Å². The normalized spacial score (nSPS) is 14.5. The molecule has 0 aliphatic rings. The van der Waals surface area contributed by atoms with Crippen LogP contribution in [0.3, 0.4) is 0 Å². The average Bonchev–Trinajstić information content (AvgIpc) is 2.60. The molecule has 3 atom stereocenters. The fraction of sp³-hybridized carbons (Fsp3) is 0.316. The van der Waals surface area contributed by atoms with Gasteiger partial charge in [0.25, 0.3) is 0 Å². The number of aliphatic hydroxyl groups is 1. The van der Waals surface area contributed by atoms with Gasteiger partial charge in [-0.15, -0.1) is 0 Å². The van der Waals surface area contributed by atoms with Crippen LogP contribution in [0.2, 0.25) is 0 Å². The highest BCUT2D eigenvalue weighted by Gasteiger charge is 2.21. The van der Waals surface area contributed by atoms with Crippen LogP contribution in [0.1, 0.15) is 25.5 Å². The molecule has 0 radical (unpaired) electrons. The number of hydrogen-bond donors (Lipinski definition) is 2. The molecule has 0 heterocycles. The summed E-state index contributed by atoms with van der Waals surface area (Å²) in [6, 6.07) is 14.3. The number of carbonyl (C=O) groups is 1. The third-order valence-electron chi connectivity index (χ3n) is 3.75. The second kappa shape index (κ2) is 8.45. The van der Waals surface area contributed by atoms with Crippen LogP contribution >= 0.6 is 0 Å². The van der Waals surface area contributed by atoms with E-state index in [-0.39, 0.29) is 24.2 Å². The predicted octanol–water partition coefficient (Wildman–Crippen LogP) is 3.08. The zero-order chi connectivity index (χ0) is 17.5. The number of para-hydroxylation sites is 1. The van der Waals surface area contributed by atoms with Crippen LogP contribution in [0.15, 0.2) is 54.6 Å². The van der Waals surface area contributed by atoms with E-state index in [9.17, 15) is 14.3 Å². The summed E-state index contributed by atoms with van der Waals surface area (Å²) in [6.07, 6.45) is -0.906. The molecule has 0 saturated carbocycles. The fourth-order valence-electron chi connectivity index (χ4n) is 2.21. The van der Waals surface area contributed by atoms with E-state index >= 15 is 0 Å². The minimum atomic E-state index is -0.906. The largest absolute Gasteiger partial charge is 0.493 e. The predicted molar refractivity (Wildman–Crippen MR) is 90.1 cm³/mol. The van der Waals surface area contributed by atoms with Crippen LogP contribution < -0.4 is 10.1 Å². The molecule has 2 N–H and O–H groups in total. The molecule has 5 heteroatoms. The molecule has 3 unspecified atom stereocenters. The quantitative estimate of drug-likeness (QED) is 0.820. The van der Waals surface area contributed by atoms with Crippen molar-refractivity contribution in [2.75, 3.05) is 6.61 Å². The summed E-state index contributed by atoms with van der Waals surface area (Å²) in [5.41, 5.74) is 0.553. The number of amides is 1. The minimum Gasteiger partial charge on any atom is -0.493 e. The topological polar surface area (TPSA) is 58.6 Å². The van der Waals surface area contributed by atoms with Gasteiger partial charge in [0.15, 0.2) is 0 Å². The van der Waals surface area contributed by atoms with Crippen LogP contribution in [-0.4, -0.2) is 23.7 Å². The average molecular weight is 331 g/mol. The lowest BCUT2D eigenvalue weighted by Gasteiger charge is -2.22. The van der Waals surface area contributed by atoms with Gasteiger partial charge in [0.05, 0.1) is 24.7 Å². The van der Waals surface area contributed by atoms with Crippen molar-refractivity contribution in [2.24, 2.45) is 5.92 Å². The molecule has 0 fully saturated rings. The standard InChI is InChI=1S/C19H22FNO3/c1-13(12-24-17-6-4-3-5-7-17)19(23)21-14(2)18(22)15-8-10-16(20)11-9-15/h3-11,13-14,18,22H,12H2,1-2H3,(H,21,23). The molecular weight excluding hydrogens is 309 g/mol. The molecule has 1 amide bonds. The fourth-order valence-corrected chi connectivity index (χ4v) is 2.21. The third kappa shape index (κ3) is 5.06. The van der Waals surface area contributed by atoms with E-state index in [0.717, 1.165) is 0 Å². The van der Waals surface area contributed by atoms with E-state index in [1.54, 1.807) is 13.8 Å². The van der Waals surface area contributed by atoms with Gasteiger partial charge in [-0.2, -0.15) is 0 Å². The van der Waals surface area contributed by atoms with Gasteiger partial charge in [-0.25, -0.2) is 4.39 Å². The summed E-state index contributed by atoms with van der Waals surface area (Å²) < 4.78 is 18.5. The Morgan fingerprint density at radius 1 is 1.12 bits per heavy atom. The van der Waals surface area contributed by atoms with E-state index in [2.05, 4.69) is 5.32 Å². The number of carbonyl (C=O) groups excluding carboxylic acids is 1. The summed E-state index contributed by atoms with van der Waals surface area (Å²) >= 11 is 0. The third-order valence-corrected chi connectivity index (χ3v) is 3.75. The first-order valence-electron chi connectivity index (χ1n) is 7.89. The van der Waals surface area contributed by atoms with Crippen LogP contribution in [0.4, 0.5) is 4.39 Å². The number of aliphatic hydroxyl groups excluding tert-OH is 1. The van der Waals surface area contributed by atoms with Gasteiger partial charge in [0, 0.05) is 0 Å². The first-order valence-corrected chi connectivity index (χ1v) is 7.89. The zero-order valence-electron chi connectivity index (χ0n) is 13.8. The first kappa shape index (κ1) is 17.9. The molecule has 2 rings (SSSR count). The smallest absolute Gasteiger partial charge is 0.226 e. The molecule has 0 bridgehead atoms. The summed E-state index contributed by atoms with van der Waals surface area (Å²) in [5, 5.41) is 13.0. The van der Waals surface area contributed by atoms with Gasteiger partial charge in [-0.05, 0) is 36.8 Å². The van der Waals surface area contributed by atoms with Crippen LogP contribution in [-0.2, 0) is 4.79 Å². The SMILES string of the molecule is CC(COc1ccccc1)C(=O)NC(C)C(O)c1ccc(F)cc1. The summed E-state index contributed by atoms with van der Waals surface area (Å²) in [5.74, 6) is -0.237. The van der Waals surface area contributed by atoms with Crippen molar-refractivity contribution in [3.63, 3.8) is 0 Å². The molecule has 4 nitrogen and oxygen atoms in total. The van der Waals surface area contributed by atoms with Gasteiger partial charge < -0.3 is 15.2 Å². The van der Waals surface area contributed by atoms with E-state index in [4.69, 9.17) is 4.74 Å². The van der Waals surface area contributed by atoms with Gasteiger partial charge >= 0.3 is 0 Å². The van der Waals surface area contributed by atoms with E-state index in [0.29, 0.717) is 11.3 Å². The van der Waals surface area contributed by atoms with E-state index in [1.807, 2.05) is 30.3 Å². The molecule has 0 aliphatic heterocycles. The molecule has 0 spiro atoms. The Morgan fingerprint density at radius 2 is 1.75 bits per heavy atom. The number of hydrogen-bond acceptors (Lipinski definition) is 3. The Kier molecular flexibility index (Phi) is 6.32. The highest BCUT2D eigenvalue weighted by Crippen LogP contribution is 2.17. The Morgan fingerprint density at radius 3 is 2.38 bits per heavy atom. The number of halogens is 1. The highest BCUT2D eigenvalue weighted by molar-refractivity contribution is 5.78.